The molecule has 2 heterocycles. The Morgan fingerprint density at radius 2 is 1.96 bits per heavy atom. The van der Waals surface area contributed by atoms with Crippen LogP contribution in [-0.4, -0.2) is 30.5 Å². The molecule has 3 aromatic rings. The zero-order valence-corrected chi connectivity index (χ0v) is 16.6. The first kappa shape index (κ1) is 18.5. The van der Waals surface area contributed by atoms with E-state index in [1.807, 2.05) is 62.8 Å². The molecule has 0 saturated heterocycles. The fraction of sp³-hybridized carbons (Fsp3) is 0.278. The summed E-state index contributed by atoms with van der Waals surface area (Å²) in [5, 5.41) is 8.41. The molecule has 136 valence electrons. The van der Waals surface area contributed by atoms with Gasteiger partial charge in [-0.15, -0.1) is 0 Å². The number of thioether (sulfide) groups is 1. The minimum absolute atomic E-state index is 0.0835. The molecule has 0 saturated carbocycles. The monoisotopic (exact) mass is 389 g/mol. The van der Waals surface area contributed by atoms with Gasteiger partial charge in [0.15, 0.2) is 5.16 Å². The van der Waals surface area contributed by atoms with E-state index in [2.05, 4.69) is 15.4 Å². The second-order valence-electron chi connectivity index (χ2n) is 5.97. The number of benzene rings is 1. The van der Waals surface area contributed by atoms with E-state index in [-0.39, 0.29) is 11.2 Å². The van der Waals surface area contributed by atoms with Gasteiger partial charge >= 0.3 is 0 Å². The summed E-state index contributed by atoms with van der Waals surface area (Å²) in [6.07, 6.45) is 3.59. The maximum absolute atomic E-state index is 12.6. The third-order valence-corrected chi connectivity index (χ3v) is 5.45. The van der Waals surface area contributed by atoms with Crippen LogP contribution in [0.2, 0.25) is 5.02 Å². The lowest BCUT2D eigenvalue weighted by Gasteiger charge is -2.13. The Morgan fingerprint density at radius 1 is 1.27 bits per heavy atom. The average molecular weight is 390 g/mol. The molecule has 0 aliphatic heterocycles. The maximum Gasteiger partial charge on any atom is 0.237 e. The zero-order chi connectivity index (χ0) is 18.8. The van der Waals surface area contributed by atoms with Gasteiger partial charge in [-0.3, -0.25) is 14.0 Å². The molecule has 0 bridgehead atoms. The highest BCUT2D eigenvalue weighted by molar-refractivity contribution is 8.00. The maximum atomic E-state index is 12.6. The van der Waals surface area contributed by atoms with Crippen LogP contribution in [0.25, 0.3) is 5.69 Å². The number of hydrogen-bond acceptors (Lipinski definition) is 4. The van der Waals surface area contributed by atoms with Crippen molar-refractivity contribution in [2.24, 2.45) is 7.05 Å². The Kier molecular flexibility index (Phi) is 5.38. The molecule has 6 nitrogen and oxygen atoms in total. The number of aryl methyl sites for hydroxylation is 2. The van der Waals surface area contributed by atoms with Crippen molar-refractivity contribution in [2.45, 2.75) is 31.2 Å². The van der Waals surface area contributed by atoms with Crippen molar-refractivity contribution >= 4 is 35.0 Å². The Labute approximate surface area is 161 Å². The Balaban J connectivity index is 1.74. The molecule has 1 amide bonds. The first-order valence-electron chi connectivity index (χ1n) is 8.14. The molecule has 0 fully saturated rings. The third kappa shape index (κ3) is 3.78. The largest absolute Gasteiger partial charge is 0.322 e. The van der Waals surface area contributed by atoms with Crippen LogP contribution >= 0.6 is 23.4 Å². The van der Waals surface area contributed by atoms with E-state index in [4.69, 9.17) is 11.6 Å². The SMILES string of the molecule is Cc1nn(C)c(C)c1NC(=O)C(C)Sc1nccn1-c1ccc(Cl)cc1. The van der Waals surface area contributed by atoms with Gasteiger partial charge < -0.3 is 5.32 Å². The predicted molar refractivity (Wildman–Crippen MR) is 105 cm³/mol. The van der Waals surface area contributed by atoms with Crippen LogP contribution in [0.15, 0.2) is 41.8 Å². The van der Waals surface area contributed by atoms with Gasteiger partial charge in [0.05, 0.1) is 22.3 Å². The highest BCUT2D eigenvalue weighted by atomic mass is 35.5. The molecule has 2 aromatic heterocycles. The number of amides is 1. The summed E-state index contributed by atoms with van der Waals surface area (Å²) in [6, 6.07) is 7.49. The number of rotatable bonds is 5. The molecule has 1 aromatic carbocycles. The molecule has 1 unspecified atom stereocenters. The van der Waals surface area contributed by atoms with Crippen LogP contribution in [0.5, 0.6) is 0 Å². The van der Waals surface area contributed by atoms with Gasteiger partial charge in [-0.05, 0) is 45.0 Å². The quantitative estimate of drug-likeness (QED) is 0.670. The van der Waals surface area contributed by atoms with Gasteiger partial charge in [0.2, 0.25) is 5.91 Å². The van der Waals surface area contributed by atoms with Crippen molar-refractivity contribution in [3.63, 3.8) is 0 Å². The number of halogens is 1. The first-order chi connectivity index (χ1) is 12.4. The molecule has 0 aliphatic carbocycles. The van der Waals surface area contributed by atoms with E-state index in [1.54, 1.807) is 10.9 Å². The van der Waals surface area contributed by atoms with Crippen molar-refractivity contribution in [3.05, 3.63) is 53.1 Å². The Bertz CT molecular complexity index is 932. The lowest BCUT2D eigenvalue weighted by atomic mass is 10.3. The number of aromatic nitrogens is 4. The Morgan fingerprint density at radius 3 is 2.58 bits per heavy atom. The summed E-state index contributed by atoms with van der Waals surface area (Å²) in [5.74, 6) is -0.0835. The summed E-state index contributed by atoms with van der Waals surface area (Å²) >= 11 is 7.35. The van der Waals surface area contributed by atoms with E-state index in [9.17, 15) is 4.79 Å². The van der Waals surface area contributed by atoms with E-state index >= 15 is 0 Å². The molecule has 8 heteroatoms. The highest BCUT2D eigenvalue weighted by Crippen LogP contribution is 2.27. The Hall–Kier alpha value is -2.25. The fourth-order valence-electron chi connectivity index (χ4n) is 2.57. The van der Waals surface area contributed by atoms with Crippen molar-refractivity contribution in [1.82, 2.24) is 19.3 Å². The topological polar surface area (TPSA) is 64.7 Å². The van der Waals surface area contributed by atoms with Gasteiger partial charge in [-0.25, -0.2) is 4.98 Å². The molecule has 0 radical (unpaired) electrons. The first-order valence-corrected chi connectivity index (χ1v) is 9.39. The number of carbonyl (C=O) groups is 1. The second-order valence-corrected chi connectivity index (χ2v) is 7.72. The molecule has 0 aliphatic rings. The molecular formula is C18H20ClN5OS. The van der Waals surface area contributed by atoms with Crippen LogP contribution in [0.3, 0.4) is 0 Å². The number of anilines is 1. The van der Waals surface area contributed by atoms with Crippen molar-refractivity contribution < 1.29 is 4.79 Å². The summed E-state index contributed by atoms with van der Waals surface area (Å²) in [4.78, 5) is 17.0. The minimum Gasteiger partial charge on any atom is -0.322 e. The van der Waals surface area contributed by atoms with Crippen molar-refractivity contribution in [3.8, 4) is 5.69 Å². The van der Waals surface area contributed by atoms with Crippen LogP contribution < -0.4 is 5.32 Å². The minimum atomic E-state index is -0.317. The number of imidazole rings is 1. The number of nitrogens with zero attached hydrogens (tertiary/aromatic N) is 4. The van der Waals surface area contributed by atoms with Gasteiger partial charge in [-0.2, -0.15) is 5.10 Å². The molecule has 26 heavy (non-hydrogen) atoms. The van der Waals surface area contributed by atoms with E-state index < -0.39 is 0 Å². The van der Waals surface area contributed by atoms with Crippen molar-refractivity contribution in [1.29, 1.82) is 0 Å². The van der Waals surface area contributed by atoms with E-state index in [0.717, 1.165) is 27.9 Å². The normalized spacial score (nSPS) is 12.2. The molecule has 0 spiro atoms. The standard InChI is InChI=1S/C18H20ClN5OS/c1-11-16(12(2)23(4)22-11)21-17(25)13(3)26-18-20-9-10-24(18)15-7-5-14(19)6-8-15/h5-10,13H,1-4H3,(H,21,25). The predicted octanol–water partition coefficient (Wildman–Crippen LogP) is 4.00. The summed E-state index contributed by atoms with van der Waals surface area (Å²) in [7, 11) is 1.86. The van der Waals surface area contributed by atoms with Gasteiger partial charge in [0.1, 0.15) is 0 Å². The molecular weight excluding hydrogens is 370 g/mol. The average Bonchev–Trinajstić information content (AvgIpc) is 3.15. The number of nitrogens with one attached hydrogen (secondary N) is 1. The van der Waals surface area contributed by atoms with Crippen LogP contribution in [-0.2, 0) is 11.8 Å². The third-order valence-electron chi connectivity index (χ3n) is 4.12. The van der Waals surface area contributed by atoms with Crippen LogP contribution in [0, 0.1) is 13.8 Å². The van der Waals surface area contributed by atoms with Crippen LogP contribution in [0.4, 0.5) is 5.69 Å². The number of hydrogen-bond donors (Lipinski definition) is 1. The van der Waals surface area contributed by atoms with Gasteiger partial charge in [-0.1, -0.05) is 23.4 Å². The van der Waals surface area contributed by atoms with Crippen LogP contribution in [0.1, 0.15) is 18.3 Å². The summed E-state index contributed by atoms with van der Waals surface area (Å²) in [6.45, 7) is 5.68. The molecule has 1 atom stereocenters. The summed E-state index contributed by atoms with van der Waals surface area (Å²) in [5.41, 5.74) is 3.45. The summed E-state index contributed by atoms with van der Waals surface area (Å²) < 4.78 is 3.70. The second kappa shape index (κ2) is 7.55. The zero-order valence-electron chi connectivity index (χ0n) is 15.0. The molecule has 1 N–H and O–H groups in total. The van der Waals surface area contributed by atoms with E-state index in [1.165, 1.54) is 11.8 Å². The fourth-order valence-corrected chi connectivity index (χ4v) is 3.58. The lowest BCUT2D eigenvalue weighted by molar-refractivity contribution is -0.115. The molecule has 3 rings (SSSR count). The smallest absolute Gasteiger partial charge is 0.237 e. The van der Waals surface area contributed by atoms with Gasteiger partial charge in [0.25, 0.3) is 0 Å². The van der Waals surface area contributed by atoms with Gasteiger partial charge in [0, 0.05) is 30.2 Å². The van der Waals surface area contributed by atoms with Crippen molar-refractivity contribution in [2.75, 3.05) is 5.32 Å². The highest BCUT2D eigenvalue weighted by Gasteiger charge is 2.20. The van der Waals surface area contributed by atoms with E-state index in [0.29, 0.717) is 5.02 Å². The number of carbonyl (C=O) groups excluding carboxylic acids is 1. The lowest BCUT2D eigenvalue weighted by Crippen LogP contribution is -2.23.